The molecule has 8 rings (SSSR count). The Labute approximate surface area is 373 Å². The zero-order chi connectivity index (χ0) is 44.4. The molecule has 0 aromatic heterocycles. The first-order valence-electron chi connectivity index (χ1n) is 20.6. The van der Waals surface area contributed by atoms with E-state index in [9.17, 15) is 24.0 Å². The summed E-state index contributed by atoms with van der Waals surface area (Å²) in [5.41, 5.74) is 1.35. The summed E-state index contributed by atoms with van der Waals surface area (Å²) in [6.07, 6.45) is -6.71. The number of carbonyl (C=O) groups excluding carboxylic acids is 5. The lowest BCUT2D eigenvalue weighted by atomic mass is 9.89. The monoisotopic (exact) mass is 880 g/mol. The molecule has 6 aromatic rings. The van der Waals surface area contributed by atoms with E-state index >= 15 is 0 Å². The van der Waals surface area contributed by atoms with Crippen LogP contribution in [0.4, 0.5) is 0 Å². The third-order valence-electron chi connectivity index (χ3n) is 10.7. The molecule has 324 valence electrons. The van der Waals surface area contributed by atoms with Crippen LogP contribution in [0.15, 0.2) is 164 Å². The molecule has 0 radical (unpaired) electrons. The van der Waals surface area contributed by atoms with Gasteiger partial charge in [-0.05, 0) is 90.5 Å². The maximum atomic E-state index is 14.2. The van der Waals surface area contributed by atoms with E-state index in [1.165, 1.54) is 36.4 Å². The second kappa shape index (κ2) is 20.4. The third-order valence-corrected chi connectivity index (χ3v) is 11.0. The van der Waals surface area contributed by atoms with Gasteiger partial charge in [-0.2, -0.15) is 0 Å². The normalized spacial score (nSPS) is 20.3. The molecular weight excluding hydrogens is 840 g/mol. The van der Waals surface area contributed by atoms with E-state index in [1.807, 2.05) is 0 Å². The maximum Gasteiger partial charge on any atom is 0.338 e. The second-order valence-electron chi connectivity index (χ2n) is 15.0. The van der Waals surface area contributed by atoms with E-state index in [-0.39, 0.29) is 44.5 Å². The predicted molar refractivity (Wildman–Crippen MR) is 232 cm³/mol. The highest BCUT2D eigenvalue weighted by Gasteiger charge is 2.53. The average molecular weight is 881 g/mol. The zero-order valence-electron chi connectivity index (χ0n) is 34.2. The van der Waals surface area contributed by atoms with Gasteiger partial charge in [0.15, 0.2) is 24.1 Å². The fourth-order valence-corrected chi connectivity index (χ4v) is 7.57. The van der Waals surface area contributed by atoms with E-state index < -0.39 is 66.8 Å². The Hall–Kier alpha value is -7.12. The number of halogens is 1. The van der Waals surface area contributed by atoms with Crippen molar-refractivity contribution in [3.8, 4) is 5.75 Å². The van der Waals surface area contributed by atoms with E-state index in [4.69, 9.17) is 44.8 Å². The van der Waals surface area contributed by atoms with Crippen molar-refractivity contribution in [2.75, 3.05) is 19.8 Å². The minimum atomic E-state index is -1.60. The van der Waals surface area contributed by atoms with Crippen molar-refractivity contribution in [3.63, 3.8) is 0 Å². The molecule has 0 aliphatic carbocycles. The van der Waals surface area contributed by atoms with E-state index in [1.54, 1.807) is 127 Å². The van der Waals surface area contributed by atoms with Crippen LogP contribution in [0.5, 0.6) is 5.75 Å². The van der Waals surface area contributed by atoms with Crippen LogP contribution in [0.1, 0.15) is 75.4 Å². The van der Waals surface area contributed by atoms with Gasteiger partial charge in [-0.3, -0.25) is 4.79 Å². The van der Waals surface area contributed by atoms with E-state index in [0.29, 0.717) is 24.5 Å². The van der Waals surface area contributed by atoms with Gasteiger partial charge in [0, 0.05) is 17.5 Å². The molecule has 0 saturated carbocycles. The van der Waals surface area contributed by atoms with Gasteiger partial charge < -0.3 is 33.2 Å². The first kappa shape index (κ1) is 43.5. The molecule has 64 heavy (non-hydrogen) atoms. The second-order valence-corrected chi connectivity index (χ2v) is 15.4. The van der Waals surface area contributed by atoms with Gasteiger partial charge in [-0.25, -0.2) is 19.2 Å². The van der Waals surface area contributed by atoms with Gasteiger partial charge in [0.25, 0.3) is 0 Å². The van der Waals surface area contributed by atoms with Crippen molar-refractivity contribution < 1.29 is 57.1 Å². The molecule has 2 heterocycles. The van der Waals surface area contributed by atoms with Gasteiger partial charge in [0.1, 0.15) is 30.7 Å². The summed E-state index contributed by atoms with van der Waals surface area (Å²) < 4.78 is 42.6. The molecule has 13 heteroatoms. The smallest absolute Gasteiger partial charge is 0.338 e. The molecule has 0 N–H and O–H groups in total. The Kier molecular flexibility index (Phi) is 13.9. The quantitative estimate of drug-likeness (QED) is 0.0585. The summed E-state index contributed by atoms with van der Waals surface area (Å²) in [5.74, 6) is -3.06. The maximum absolute atomic E-state index is 14.2. The number of rotatable bonds is 14. The lowest BCUT2D eigenvalue weighted by Gasteiger charge is -2.45. The fraction of sp³-hybridized carbons (Fsp3) is 0.196. The molecule has 6 atom stereocenters. The SMILES string of the molecule is O=C(OC[C@H]1O[C@@H](c2ccc(Cl)c(C(=O)c3ccc(O[C@H]4CCOC4)cc3)c2)[C@H](OC(=O)c2ccccc2)[C@@H](OC(=O)c2ccccc2)[C@@H]1OC(=O)c1ccccc1)c1ccccc1. The summed E-state index contributed by atoms with van der Waals surface area (Å²) in [7, 11) is 0. The van der Waals surface area contributed by atoms with Gasteiger partial charge in [-0.1, -0.05) is 90.5 Å². The minimum absolute atomic E-state index is 0.0799. The van der Waals surface area contributed by atoms with Crippen LogP contribution in [0, 0.1) is 0 Å². The molecule has 2 aliphatic heterocycles. The number of ketones is 1. The Balaban J connectivity index is 1.21. The van der Waals surface area contributed by atoms with Crippen LogP contribution in [-0.4, -0.2) is 80.0 Å². The van der Waals surface area contributed by atoms with Crippen molar-refractivity contribution in [2.45, 2.75) is 43.0 Å². The first-order valence-corrected chi connectivity index (χ1v) is 20.9. The number of hydrogen-bond donors (Lipinski definition) is 0. The Morgan fingerprint density at radius 3 is 1.56 bits per heavy atom. The molecule has 2 saturated heterocycles. The number of hydrogen-bond acceptors (Lipinski definition) is 12. The lowest BCUT2D eigenvalue weighted by Crippen LogP contribution is -2.60. The zero-order valence-corrected chi connectivity index (χ0v) is 34.9. The predicted octanol–water partition coefficient (Wildman–Crippen LogP) is 8.71. The Morgan fingerprint density at radius 1 is 0.547 bits per heavy atom. The summed E-state index contributed by atoms with van der Waals surface area (Å²) in [6.45, 7) is 0.575. The Bertz CT molecular complexity index is 2570. The molecule has 0 amide bonds. The van der Waals surface area contributed by atoms with Crippen LogP contribution >= 0.6 is 11.6 Å². The van der Waals surface area contributed by atoms with Crippen LogP contribution < -0.4 is 4.74 Å². The van der Waals surface area contributed by atoms with Crippen LogP contribution in [0.25, 0.3) is 0 Å². The topological polar surface area (TPSA) is 150 Å². The van der Waals surface area contributed by atoms with Gasteiger partial charge in [0.2, 0.25) is 0 Å². The van der Waals surface area contributed by atoms with Crippen molar-refractivity contribution in [1.29, 1.82) is 0 Å². The molecule has 0 spiro atoms. The first-order chi connectivity index (χ1) is 31.2. The number of carbonyl (C=O) groups is 5. The van der Waals surface area contributed by atoms with Crippen LogP contribution in [-0.2, 0) is 28.4 Å². The summed E-state index contributed by atoms with van der Waals surface area (Å²) in [4.78, 5) is 69.6. The van der Waals surface area contributed by atoms with Gasteiger partial charge >= 0.3 is 23.9 Å². The average Bonchev–Trinajstić information content (AvgIpc) is 3.86. The summed E-state index contributed by atoms with van der Waals surface area (Å²) in [6, 6.07) is 43.7. The van der Waals surface area contributed by atoms with Crippen LogP contribution in [0.3, 0.4) is 0 Å². The van der Waals surface area contributed by atoms with Crippen molar-refractivity contribution >= 4 is 41.3 Å². The highest BCUT2D eigenvalue weighted by Crippen LogP contribution is 2.40. The van der Waals surface area contributed by atoms with Crippen LogP contribution in [0.2, 0.25) is 5.02 Å². The van der Waals surface area contributed by atoms with Gasteiger partial charge in [0.05, 0.1) is 40.5 Å². The molecule has 0 unspecified atom stereocenters. The minimum Gasteiger partial charge on any atom is -0.488 e. The number of esters is 4. The number of ether oxygens (including phenoxy) is 7. The van der Waals surface area contributed by atoms with E-state index in [0.717, 1.165) is 6.42 Å². The Morgan fingerprint density at radius 2 is 1.05 bits per heavy atom. The summed E-state index contributed by atoms with van der Waals surface area (Å²) >= 11 is 6.73. The lowest BCUT2D eigenvalue weighted by molar-refractivity contribution is -0.231. The third kappa shape index (κ3) is 10.4. The highest BCUT2D eigenvalue weighted by atomic mass is 35.5. The van der Waals surface area contributed by atoms with Crippen molar-refractivity contribution in [2.24, 2.45) is 0 Å². The summed E-state index contributed by atoms with van der Waals surface area (Å²) in [5, 5.41) is 0.112. The molecular formula is C51H41ClO12. The van der Waals surface area contributed by atoms with Crippen molar-refractivity contribution in [1.82, 2.24) is 0 Å². The molecule has 6 aromatic carbocycles. The molecule has 2 fully saturated rings. The standard InChI is InChI=1S/C51H41ClO12/c52-41-26-23-37(29-40(41)43(53)32-21-24-38(25-22-32)60-39-27-28-58-30-39)44-46(63-50(56)35-17-9-3-10-18-35)47(64-51(57)36-19-11-4-12-20-36)45(62-49(55)34-15-7-2-8-16-34)42(61-44)31-59-48(54)33-13-5-1-6-14-33/h1-26,29,39,42,44-47H,27-28,30-31H2/t39-,42+,44-,45+,46-,47-/m0/s1. The fourth-order valence-electron chi connectivity index (χ4n) is 7.37. The van der Waals surface area contributed by atoms with E-state index in [2.05, 4.69) is 0 Å². The van der Waals surface area contributed by atoms with Gasteiger partial charge in [-0.15, -0.1) is 0 Å². The molecule has 12 nitrogen and oxygen atoms in total. The highest BCUT2D eigenvalue weighted by molar-refractivity contribution is 6.35. The molecule has 2 aliphatic rings. The largest absolute Gasteiger partial charge is 0.488 e. The number of benzene rings is 6. The molecule has 0 bridgehead atoms. The van der Waals surface area contributed by atoms with Crippen molar-refractivity contribution in [3.05, 3.63) is 208 Å².